The number of hydrogen-bond donors (Lipinski definition) is 0. The van der Waals surface area contributed by atoms with E-state index in [-0.39, 0.29) is 12.5 Å². The van der Waals surface area contributed by atoms with Crippen LogP contribution in [0.25, 0.3) is 0 Å². The molecule has 0 amide bonds. The first-order chi connectivity index (χ1) is 18.4. The first-order valence-corrected chi connectivity index (χ1v) is 13.5. The van der Waals surface area contributed by atoms with Crippen molar-refractivity contribution in [3.63, 3.8) is 0 Å². The minimum absolute atomic E-state index is 0.188. The zero-order chi connectivity index (χ0) is 28.3. The Labute approximate surface area is 228 Å². The number of esters is 3. The van der Waals surface area contributed by atoms with Gasteiger partial charge in [-0.05, 0) is 62.5 Å². The van der Waals surface area contributed by atoms with Crippen LogP contribution >= 0.6 is 0 Å². The normalized spacial score (nSPS) is 36.2. The topological polar surface area (TPSA) is 105 Å². The molecule has 0 aromatic heterocycles. The van der Waals surface area contributed by atoms with Gasteiger partial charge in [0, 0.05) is 31.6 Å². The Balaban J connectivity index is 1.77. The first kappa shape index (κ1) is 27.3. The van der Waals surface area contributed by atoms with Gasteiger partial charge in [-0.2, -0.15) is 0 Å². The molecule has 1 aliphatic heterocycles. The number of hydrogen-bond acceptors (Lipinski definition) is 8. The van der Waals surface area contributed by atoms with Crippen molar-refractivity contribution >= 4 is 24.2 Å². The van der Waals surface area contributed by atoms with Crippen LogP contribution in [0.4, 0.5) is 0 Å². The van der Waals surface area contributed by atoms with E-state index in [4.69, 9.17) is 18.9 Å². The van der Waals surface area contributed by atoms with Gasteiger partial charge in [-0.15, -0.1) is 0 Å². The van der Waals surface area contributed by atoms with E-state index in [0.29, 0.717) is 24.0 Å². The average Bonchev–Trinajstić information content (AvgIpc) is 3.27. The maximum Gasteiger partial charge on any atom is 0.338 e. The molecular weight excluding hydrogens is 500 g/mol. The summed E-state index contributed by atoms with van der Waals surface area (Å²) < 4.78 is 24.8. The highest BCUT2D eigenvalue weighted by molar-refractivity contribution is 5.89. The summed E-state index contributed by atoms with van der Waals surface area (Å²) in [5.41, 5.74) is 0.407. The highest BCUT2D eigenvalue weighted by atomic mass is 16.6. The monoisotopic (exact) mass is 536 g/mol. The van der Waals surface area contributed by atoms with Crippen molar-refractivity contribution in [2.75, 3.05) is 0 Å². The van der Waals surface area contributed by atoms with Crippen LogP contribution in [-0.4, -0.2) is 54.2 Å². The lowest BCUT2D eigenvalue weighted by Crippen LogP contribution is -2.57. The summed E-state index contributed by atoms with van der Waals surface area (Å²) in [6, 6.07) is 8.66. The van der Waals surface area contributed by atoms with Crippen molar-refractivity contribution in [1.29, 1.82) is 0 Å². The molecule has 1 saturated heterocycles. The van der Waals surface area contributed by atoms with Crippen molar-refractivity contribution in [3.8, 4) is 0 Å². The fourth-order valence-electron chi connectivity index (χ4n) is 7.75. The van der Waals surface area contributed by atoms with Crippen LogP contribution in [0, 0.1) is 16.7 Å². The van der Waals surface area contributed by atoms with Crippen LogP contribution in [0.5, 0.6) is 0 Å². The molecule has 0 N–H and O–H groups in total. The minimum Gasteiger partial charge on any atom is -0.461 e. The third-order valence-electron chi connectivity index (χ3n) is 9.67. The molecule has 7 atom stereocenters. The fraction of sp³-hybridized carbons (Fsp3) is 0.548. The van der Waals surface area contributed by atoms with E-state index >= 15 is 0 Å². The Kier molecular flexibility index (Phi) is 6.61. The summed E-state index contributed by atoms with van der Waals surface area (Å²) >= 11 is 0. The number of benzene rings is 1. The minimum atomic E-state index is -1.08. The van der Waals surface area contributed by atoms with E-state index in [0.717, 1.165) is 17.4 Å². The molecule has 2 bridgehead atoms. The maximum atomic E-state index is 13.6. The van der Waals surface area contributed by atoms with Crippen molar-refractivity contribution in [1.82, 2.24) is 0 Å². The van der Waals surface area contributed by atoms with E-state index in [2.05, 4.69) is 0 Å². The van der Waals surface area contributed by atoms with Gasteiger partial charge in [0.2, 0.25) is 0 Å². The van der Waals surface area contributed by atoms with Gasteiger partial charge in [0.1, 0.15) is 12.4 Å². The Morgan fingerprint density at radius 3 is 2.26 bits per heavy atom. The molecule has 1 spiro atoms. The summed E-state index contributed by atoms with van der Waals surface area (Å²) in [6.07, 6.45) is 1.16. The van der Waals surface area contributed by atoms with Crippen molar-refractivity contribution < 1.29 is 38.1 Å². The van der Waals surface area contributed by atoms with Gasteiger partial charge in [-0.3, -0.25) is 14.4 Å². The zero-order valence-corrected chi connectivity index (χ0v) is 23.3. The maximum absolute atomic E-state index is 13.6. The first-order valence-electron chi connectivity index (χ1n) is 13.5. The number of aldehydes is 1. The van der Waals surface area contributed by atoms with Crippen molar-refractivity contribution in [3.05, 3.63) is 58.7 Å². The molecule has 1 saturated carbocycles. The standard InChI is InChI=1S/C31H36O8/c1-17-23-15-31(29(4,5)39-23)14-22-21(16-32)12-13-24(36-18(2)33)30(22,6)27(37-19(3)34)26(25(17)31)38-28(35)20-10-8-7-9-11-20/h7-12,16,22-24,26-27H,13-15H2,1-6H3/t22-,23-,24+,26-,27+,30+,31+/m1/s1. The van der Waals surface area contributed by atoms with Crippen LogP contribution < -0.4 is 0 Å². The molecule has 4 aliphatic rings. The quantitative estimate of drug-likeness (QED) is 0.234. The molecule has 3 aliphatic carbocycles. The smallest absolute Gasteiger partial charge is 0.338 e. The molecule has 8 nitrogen and oxygen atoms in total. The van der Waals surface area contributed by atoms with Crippen molar-refractivity contribution in [2.24, 2.45) is 16.7 Å². The van der Waals surface area contributed by atoms with E-state index in [1.54, 1.807) is 24.3 Å². The molecular formula is C31H36O8. The molecule has 39 heavy (non-hydrogen) atoms. The molecule has 1 aromatic rings. The SMILES string of the molecule is CC(=O)O[C@H]1CC=C(C=O)[C@H]2C[C@@]34C[C@@H](OC3(C)C)C(C)=C4[C@@H](OC(=O)c3ccccc3)[C@H](OC(C)=O)[C@]12C. The molecule has 1 aromatic carbocycles. The highest BCUT2D eigenvalue weighted by Gasteiger charge is 2.71. The van der Waals surface area contributed by atoms with Gasteiger partial charge in [-0.1, -0.05) is 31.2 Å². The zero-order valence-electron chi connectivity index (χ0n) is 23.3. The molecule has 2 fully saturated rings. The van der Waals surface area contributed by atoms with Gasteiger partial charge in [0.05, 0.1) is 22.7 Å². The van der Waals surface area contributed by atoms with Crippen LogP contribution in [0.1, 0.15) is 71.2 Å². The van der Waals surface area contributed by atoms with E-state index in [9.17, 15) is 19.2 Å². The Hall–Kier alpha value is -3.26. The largest absolute Gasteiger partial charge is 0.461 e. The molecule has 5 rings (SSSR count). The number of allylic oxidation sites excluding steroid dienone is 1. The molecule has 1 heterocycles. The Morgan fingerprint density at radius 1 is 0.974 bits per heavy atom. The molecule has 0 radical (unpaired) electrons. The number of carbonyl (C=O) groups excluding carboxylic acids is 4. The molecule has 8 heteroatoms. The predicted molar refractivity (Wildman–Crippen MR) is 140 cm³/mol. The Morgan fingerprint density at radius 2 is 1.64 bits per heavy atom. The fourth-order valence-corrected chi connectivity index (χ4v) is 7.75. The summed E-state index contributed by atoms with van der Waals surface area (Å²) in [5, 5.41) is 0. The third-order valence-corrected chi connectivity index (χ3v) is 9.67. The summed E-state index contributed by atoms with van der Waals surface area (Å²) in [5.74, 6) is -2.05. The van der Waals surface area contributed by atoms with Gasteiger partial charge >= 0.3 is 17.9 Å². The third kappa shape index (κ3) is 4.06. The lowest BCUT2D eigenvalue weighted by atomic mass is 9.58. The van der Waals surface area contributed by atoms with E-state index in [1.807, 2.05) is 39.8 Å². The van der Waals surface area contributed by atoms with Gasteiger partial charge in [0.15, 0.2) is 12.2 Å². The summed E-state index contributed by atoms with van der Waals surface area (Å²) in [6.45, 7) is 10.5. The second-order valence-corrected chi connectivity index (χ2v) is 12.0. The van der Waals surface area contributed by atoms with E-state index < -0.39 is 58.6 Å². The summed E-state index contributed by atoms with van der Waals surface area (Å²) in [4.78, 5) is 51.0. The second-order valence-electron chi connectivity index (χ2n) is 12.0. The predicted octanol–water partition coefficient (Wildman–Crippen LogP) is 4.51. The summed E-state index contributed by atoms with van der Waals surface area (Å²) in [7, 11) is 0. The lowest BCUT2D eigenvalue weighted by Gasteiger charge is -2.50. The van der Waals surface area contributed by atoms with Gasteiger partial charge in [-0.25, -0.2) is 4.79 Å². The van der Waals surface area contributed by atoms with Crippen LogP contribution in [0.3, 0.4) is 0 Å². The van der Waals surface area contributed by atoms with Crippen LogP contribution in [0.15, 0.2) is 53.1 Å². The number of fused-ring (bicyclic) bond motifs is 2. The molecule has 0 unspecified atom stereocenters. The highest BCUT2D eigenvalue weighted by Crippen LogP contribution is 2.68. The molecule has 208 valence electrons. The Bertz CT molecular complexity index is 1280. The second kappa shape index (κ2) is 9.44. The number of rotatable bonds is 5. The number of carbonyl (C=O) groups is 4. The van der Waals surface area contributed by atoms with Gasteiger partial charge < -0.3 is 18.9 Å². The van der Waals surface area contributed by atoms with Crippen LogP contribution in [0.2, 0.25) is 0 Å². The van der Waals surface area contributed by atoms with Gasteiger partial charge in [0.25, 0.3) is 0 Å². The van der Waals surface area contributed by atoms with E-state index in [1.165, 1.54) is 13.8 Å². The van der Waals surface area contributed by atoms with Crippen molar-refractivity contribution in [2.45, 2.75) is 90.8 Å². The number of ether oxygens (including phenoxy) is 4. The lowest BCUT2D eigenvalue weighted by molar-refractivity contribution is -0.187. The average molecular weight is 537 g/mol. The van der Waals surface area contributed by atoms with Crippen LogP contribution in [-0.2, 0) is 33.3 Å².